The first-order chi connectivity index (χ1) is 9.81. The summed E-state index contributed by atoms with van der Waals surface area (Å²) < 4.78 is 4.01. The summed E-state index contributed by atoms with van der Waals surface area (Å²) >= 11 is 0. The number of aryl methyl sites for hydroxylation is 1. The predicted molar refractivity (Wildman–Crippen MR) is 78.3 cm³/mol. The molecule has 0 saturated heterocycles. The largest absolute Gasteiger partial charge is 0.309 e. The SMILES string of the molecule is CC(CCn1cccn1)NCc1cn2ccccc2n1. The van der Waals surface area contributed by atoms with Crippen LogP contribution >= 0.6 is 0 Å². The van der Waals surface area contributed by atoms with Gasteiger partial charge in [-0.2, -0.15) is 5.10 Å². The van der Waals surface area contributed by atoms with Gasteiger partial charge in [0.2, 0.25) is 0 Å². The summed E-state index contributed by atoms with van der Waals surface area (Å²) in [6.45, 7) is 3.92. The molecule has 1 N–H and O–H groups in total. The summed E-state index contributed by atoms with van der Waals surface area (Å²) in [6.07, 6.45) is 8.95. The van der Waals surface area contributed by atoms with Crippen LogP contribution in [0.2, 0.25) is 0 Å². The zero-order chi connectivity index (χ0) is 13.8. The van der Waals surface area contributed by atoms with Crippen LogP contribution in [-0.4, -0.2) is 25.2 Å². The Labute approximate surface area is 118 Å². The van der Waals surface area contributed by atoms with Gasteiger partial charge in [0.1, 0.15) is 5.65 Å². The summed E-state index contributed by atoms with van der Waals surface area (Å²) in [5, 5.41) is 7.71. The van der Waals surface area contributed by atoms with E-state index >= 15 is 0 Å². The van der Waals surface area contributed by atoms with Crippen molar-refractivity contribution in [2.75, 3.05) is 0 Å². The van der Waals surface area contributed by atoms with Gasteiger partial charge in [0.25, 0.3) is 0 Å². The normalized spacial score (nSPS) is 12.8. The highest BCUT2D eigenvalue weighted by molar-refractivity contribution is 5.39. The van der Waals surface area contributed by atoms with Crippen molar-refractivity contribution in [2.24, 2.45) is 0 Å². The van der Waals surface area contributed by atoms with E-state index in [0.29, 0.717) is 6.04 Å². The van der Waals surface area contributed by atoms with Crippen molar-refractivity contribution in [3.05, 3.63) is 54.7 Å². The Morgan fingerprint density at radius 2 is 2.20 bits per heavy atom. The standard InChI is InChI=1S/C15H19N5/c1-13(6-10-20-9-4-7-17-20)16-11-14-12-19-8-3-2-5-15(19)18-14/h2-5,7-9,12-13,16H,6,10-11H2,1H3. The average molecular weight is 269 g/mol. The minimum atomic E-state index is 0.434. The molecule has 3 aromatic rings. The fourth-order valence-electron chi connectivity index (χ4n) is 2.21. The average Bonchev–Trinajstić information content (AvgIpc) is 3.11. The number of imidazole rings is 1. The van der Waals surface area contributed by atoms with Crippen LogP contribution < -0.4 is 5.32 Å². The molecule has 0 bridgehead atoms. The third-order valence-corrected chi connectivity index (χ3v) is 3.40. The number of pyridine rings is 1. The van der Waals surface area contributed by atoms with Gasteiger partial charge in [-0.25, -0.2) is 4.98 Å². The van der Waals surface area contributed by atoms with Crippen LogP contribution in [0.5, 0.6) is 0 Å². The second-order valence-electron chi connectivity index (χ2n) is 5.04. The lowest BCUT2D eigenvalue weighted by molar-refractivity contribution is 0.456. The van der Waals surface area contributed by atoms with Crippen molar-refractivity contribution < 1.29 is 0 Å². The van der Waals surface area contributed by atoms with Crippen molar-refractivity contribution in [3.8, 4) is 0 Å². The monoisotopic (exact) mass is 269 g/mol. The maximum absolute atomic E-state index is 4.58. The summed E-state index contributed by atoms with van der Waals surface area (Å²) in [5.41, 5.74) is 2.07. The van der Waals surface area contributed by atoms with Gasteiger partial charge < -0.3 is 9.72 Å². The summed E-state index contributed by atoms with van der Waals surface area (Å²) in [7, 11) is 0. The third-order valence-electron chi connectivity index (χ3n) is 3.40. The molecule has 0 fully saturated rings. The molecular weight excluding hydrogens is 250 g/mol. The van der Waals surface area contributed by atoms with E-state index in [1.54, 1.807) is 0 Å². The number of fused-ring (bicyclic) bond motifs is 1. The van der Waals surface area contributed by atoms with Crippen molar-refractivity contribution in [1.29, 1.82) is 0 Å². The van der Waals surface area contributed by atoms with E-state index in [1.807, 2.05) is 51.9 Å². The molecule has 0 spiro atoms. The summed E-state index contributed by atoms with van der Waals surface area (Å²) in [6, 6.07) is 8.42. The van der Waals surface area contributed by atoms with Crippen molar-refractivity contribution in [1.82, 2.24) is 24.5 Å². The topological polar surface area (TPSA) is 47.2 Å². The van der Waals surface area contributed by atoms with E-state index in [0.717, 1.165) is 30.9 Å². The number of nitrogens with zero attached hydrogens (tertiary/aromatic N) is 4. The van der Waals surface area contributed by atoms with Crippen LogP contribution in [0.4, 0.5) is 0 Å². The third kappa shape index (κ3) is 3.05. The lowest BCUT2D eigenvalue weighted by atomic mass is 10.2. The van der Waals surface area contributed by atoms with Gasteiger partial charge in [0, 0.05) is 43.9 Å². The van der Waals surface area contributed by atoms with Crippen LogP contribution in [0.1, 0.15) is 19.0 Å². The zero-order valence-corrected chi connectivity index (χ0v) is 11.6. The van der Waals surface area contributed by atoms with Crippen LogP contribution in [0.3, 0.4) is 0 Å². The van der Waals surface area contributed by atoms with Gasteiger partial charge in [-0.3, -0.25) is 4.68 Å². The fraction of sp³-hybridized carbons (Fsp3) is 0.333. The Morgan fingerprint density at radius 1 is 1.25 bits per heavy atom. The molecular formula is C15H19N5. The van der Waals surface area contributed by atoms with Gasteiger partial charge in [-0.1, -0.05) is 6.07 Å². The lowest BCUT2D eigenvalue weighted by Gasteiger charge is -2.12. The van der Waals surface area contributed by atoms with E-state index < -0.39 is 0 Å². The lowest BCUT2D eigenvalue weighted by Crippen LogP contribution is -2.27. The van der Waals surface area contributed by atoms with E-state index in [2.05, 4.69) is 28.5 Å². The zero-order valence-electron chi connectivity index (χ0n) is 11.6. The first-order valence-electron chi connectivity index (χ1n) is 6.95. The molecule has 20 heavy (non-hydrogen) atoms. The number of hydrogen-bond donors (Lipinski definition) is 1. The fourth-order valence-corrected chi connectivity index (χ4v) is 2.21. The second-order valence-corrected chi connectivity index (χ2v) is 5.04. The molecule has 104 valence electrons. The van der Waals surface area contributed by atoms with Crippen molar-refractivity contribution >= 4 is 5.65 Å². The Balaban J connectivity index is 1.50. The molecule has 3 heterocycles. The van der Waals surface area contributed by atoms with E-state index in [1.165, 1.54) is 0 Å². The number of hydrogen-bond acceptors (Lipinski definition) is 3. The molecule has 5 heteroatoms. The van der Waals surface area contributed by atoms with Gasteiger partial charge in [0.15, 0.2) is 0 Å². The number of rotatable bonds is 6. The molecule has 0 aliphatic rings. The van der Waals surface area contributed by atoms with Crippen LogP contribution in [0, 0.1) is 0 Å². The van der Waals surface area contributed by atoms with Crippen LogP contribution in [0.15, 0.2) is 49.1 Å². The Morgan fingerprint density at radius 3 is 3.00 bits per heavy atom. The highest BCUT2D eigenvalue weighted by atomic mass is 15.3. The van der Waals surface area contributed by atoms with Gasteiger partial charge in [0.05, 0.1) is 5.69 Å². The van der Waals surface area contributed by atoms with E-state index in [9.17, 15) is 0 Å². The van der Waals surface area contributed by atoms with Crippen molar-refractivity contribution in [2.45, 2.75) is 32.5 Å². The Hall–Kier alpha value is -2.14. The van der Waals surface area contributed by atoms with E-state index in [-0.39, 0.29) is 0 Å². The molecule has 5 nitrogen and oxygen atoms in total. The molecule has 1 atom stereocenters. The molecule has 0 amide bonds. The minimum Gasteiger partial charge on any atom is -0.309 e. The summed E-state index contributed by atoms with van der Waals surface area (Å²) in [4.78, 5) is 4.58. The highest BCUT2D eigenvalue weighted by Crippen LogP contribution is 2.05. The second kappa shape index (κ2) is 5.88. The molecule has 0 aliphatic carbocycles. The van der Waals surface area contributed by atoms with Gasteiger partial charge in [-0.05, 0) is 31.5 Å². The summed E-state index contributed by atoms with van der Waals surface area (Å²) in [5.74, 6) is 0. The number of aromatic nitrogens is 4. The van der Waals surface area contributed by atoms with Crippen LogP contribution in [0.25, 0.3) is 5.65 Å². The smallest absolute Gasteiger partial charge is 0.137 e. The highest BCUT2D eigenvalue weighted by Gasteiger charge is 2.05. The molecule has 3 aromatic heterocycles. The Bertz CT molecular complexity index is 623. The molecule has 3 rings (SSSR count). The predicted octanol–water partition coefficient (Wildman–Crippen LogP) is 2.10. The Kier molecular flexibility index (Phi) is 3.78. The molecule has 0 radical (unpaired) electrons. The molecule has 1 unspecified atom stereocenters. The molecule has 0 saturated carbocycles. The number of nitrogens with one attached hydrogen (secondary N) is 1. The first-order valence-corrected chi connectivity index (χ1v) is 6.95. The van der Waals surface area contributed by atoms with Gasteiger partial charge in [-0.15, -0.1) is 0 Å². The van der Waals surface area contributed by atoms with Gasteiger partial charge >= 0.3 is 0 Å². The maximum Gasteiger partial charge on any atom is 0.137 e. The minimum absolute atomic E-state index is 0.434. The maximum atomic E-state index is 4.58. The van der Waals surface area contributed by atoms with E-state index in [4.69, 9.17) is 0 Å². The molecule has 0 aromatic carbocycles. The molecule has 0 aliphatic heterocycles. The van der Waals surface area contributed by atoms with Crippen molar-refractivity contribution in [3.63, 3.8) is 0 Å². The quantitative estimate of drug-likeness (QED) is 0.745. The first kappa shape index (κ1) is 12.9. The van der Waals surface area contributed by atoms with Crippen LogP contribution in [-0.2, 0) is 13.1 Å².